The molecule has 0 bridgehead atoms. The third-order valence-corrected chi connectivity index (χ3v) is 5.20. The molecule has 1 N–H and O–H groups in total. The molecule has 2 aromatic carbocycles. The van der Waals surface area contributed by atoms with Gasteiger partial charge in [-0.25, -0.2) is 0 Å². The lowest BCUT2D eigenvalue weighted by Gasteiger charge is -2.31. The van der Waals surface area contributed by atoms with Crippen LogP contribution in [0, 0.1) is 13.8 Å². The number of benzene rings is 2. The maximum absolute atomic E-state index is 13.2. The zero-order chi connectivity index (χ0) is 21.9. The van der Waals surface area contributed by atoms with Crippen molar-refractivity contribution < 1.29 is 14.3 Å². The third kappa shape index (κ3) is 6.90. The highest BCUT2D eigenvalue weighted by molar-refractivity contribution is 5.88. The van der Waals surface area contributed by atoms with Crippen LogP contribution >= 0.6 is 0 Å². The lowest BCUT2D eigenvalue weighted by Crippen LogP contribution is -2.50. The Labute approximate surface area is 180 Å². The van der Waals surface area contributed by atoms with E-state index in [-0.39, 0.29) is 18.4 Å². The molecule has 0 aliphatic heterocycles. The number of amides is 2. The van der Waals surface area contributed by atoms with E-state index < -0.39 is 6.04 Å². The third-order valence-electron chi connectivity index (χ3n) is 5.20. The molecule has 0 aliphatic carbocycles. The van der Waals surface area contributed by atoms with Gasteiger partial charge >= 0.3 is 0 Å². The van der Waals surface area contributed by atoms with E-state index in [4.69, 9.17) is 4.74 Å². The average Bonchev–Trinajstić information content (AvgIpc) is 2.74. The lowest BCUT2D eigenvalue weighted by atomic mass is 10.1. The molecule has 0 saturated carbocycles. The van der Waals surface area contributed by atoms with Gasteiger partial charge in [-0.05, 0) is 49.9 Å². The molecule has 0 radical (unpaired) electrons. The molecule has 2 amide bonds. The van der Waals surface area contributed by atoms with E-state index in [1.54, 1.807) is 4.90 Å². The second-order valence-electron chi connectivity index (χ2n) is 7.62. The molecular weight excluding hydrogens is 376 g/mol. The van der Waals surface area contributed by atoms with E-state index in [2.05, 4.69) is 12.2 Å². The molecule has 1 atom stereocenters. The molecule has 5 heteroatoms. The number of carbonyl (C=O) groups excluding carboxylic acids is 2. The normalized spacial score (nSPS) is 11.6. The Morgan fingerprint density at radius 1 is 1.03 bits per heavy atom. The number of nitrogens with zero attached hydrogens (tertiary/aromatic N) is 1. The van der Waals surface area contributed by atoms with Gasteiger partial charge in [0.1, 0.15) is 11.8 Å². The van der Waals surface area contributed by atoms with Crippen molar-refractivity contribution in [2.75, 3.05) is 13.2 Å². The van der Waals surface area contributed by atoms with Crippen molar-refractivity contribution >= 4 is 11.8 Å². The Balaban J connectivity index is 2.17. The van der Waals surface area contributed by atoms with Crippen molar-refractivity contribution in [3.8, 4) is 5.75 Å². The van der Waals surface area contributed by atoms with Gasteiger partial charge < -0.3 is 15.0 Å². The van der Waals surface area contributed by atoms with E-state index in [1.807, 2.05) is 69.3 Å². The van der Waals surface area contributed by atoms with Crippen LogP contribution in [0.5, 0.6) is 5.75 Å². The molecule has 162 valence electrons. The Hall–Kier alpha value is -2.82. The number of ether oxygens (including phenoxy) is 1. The van der Waals surface area contributed by atoms with E-state index >= 15 is 0 Å². The summed E-state index contributed by atoms with van der Waals surface area (Å²) in [4.78, 5) is 27.6. The van der Waals surface area contributed by atoms with Crippen LogP contribution in [0.4, 0.5) is 0 Å². The van der Waals surface area contributed by atoms with E-state index in [0.29, 0.717) is 25.3 Å². The number of rotatable bonds is 11. The highest BCUT2D eigenvalue weighted by Gasteiger charge is 2.29. The first-order valence-corrected chi connectivity index (χ1v) is 10.8. The summed E-state index contributed by atoms with van der Waals surface area (Å²) < 4.78 is 5.72. The van der Waals surface area contributed by atoms with Crippen LogP contribution in [0.2, 0.25) is 0 Å². The van der Waals surface area contributed by atoms with Gasteiger partial charge in [-0.2, -0.15) is 0 Å². The lowest BCUT2D eigenvalue weighted by molar-refractivity contribution is -0.143. The summed E-state index contributed by atoms with van der Waals surface area (Å²) in [5.74, 6) is 0.338. The van der Waals surface area contributed by atoms with Gasteiger partial charge in [-0.3, -0.25) is 9.59 Å². The van der Waals surface area contributed by atoms with E-state index in [0.717, 1.165) is 29.5 Å². The summed E-state index contributed by atoms with van der Waals surface area (Å²) in [7, 11) is 0. The van der Waals surface area contributed by atoms with Crippen molar-refractivity contribution in [2.45, 2.75) is 59.5 Å². The van der Waals surface area contributed by atoms with Gasteiger partial charge in [-0.15, -0.1) is 0 Å². The SMILES string of the molecule is CCCCNC(=O)C(CC)N(Cc1ccccc1C)C(=O)COc1ccc(C)cc1. The molecule has 0 spiro atoms. The number of carbonyl (C=O) groups is 2. The molecule has 5 nitrogen and oxygen atoms in total. The molecule has 0 saturated heterocycles. The minimum absolute atomic E-state index is 0.103. The molecule has 2 aromatic rings. The number of nitrogens with one attached hydrogen (secondary N) is 1. The topological polar surface area (TPSA) is 58.6 Å². The molecule has 0 aromatic heterocycles. The van der Waals surface area contributed by atoms with Crippen LogP contribution < -0.4 is 10.1 Å². The van der Waals surface area contributed by atoms with Gasteiger partial charge in [0, 0.05) is 13.1 Å². The van der Waals surface area contributed by atoms with Crippen molar-refractivity contribution in [1.82, 2.24) is 10.2 Å². The maximum atomic E-state index is 13.2. The number of hydrogen-bond acceptors (Lipinski definition) is 3. The van der Waals surface area contributed by atoms with Gasteiger partial charge in [-0.1, -0.05) is 62.2 Å². The molecule has 1 unspecified atom stereocenters. The summed E-state index contributed by atoms with van der Waals surface area (Å²) >= 11 is 0. The molecular formula is C25H34N2O3. The van der Waals surface area contributed by atoms with Crippen LogP contribution in [-0.2, 0) is 16.1 Å². The van der Waals surface area contributed by atoms with Crippen LogP contribution in [0.15, 0.2) is 48.5 Å². The van der Waals surface area contributed by atoms with Crippen molar-refractivity contribution in [3.63, 3.8) is 0 Å². The number of unbranched alkanes of at least 4 members (excludes halogenated alkanes) is 1. The minimum Gasteiger partial charge on any atom is -0.484 e. The van der Waals surface area contributed by atoms with Gasteiger partial charge in [0.25, 0.3) is 5.91 Å². The second-order valence-corrected chi connectivity index (χ2v) is 7.62. The average molecular weight is 411 g/mol. The molecule has 0 aliphatic rings. The van der Waals surface area contributed by atoms with E-state index in [9.17, 15) is 9.59 Å². The molecule has 0 fully saturated rings. The summed E-state index contributed by atoms with van der Waals surface area (Å²) in [5, 5.41) is 2.98. The fourth-order valence-corrected chi connectivity index (χ4v) is 3.26. The van der Waals surface area contributed by atoms with Gasteiger partial charge in [0.05, 0.1) is 0 Å². The highest BCUT2D eigenvalue weighted by atomic mass is 16.5. The van der Waals surface area contributed by atoms with E-state index in [1.165, 1.54) is 0 Å². The second kappa shape index (κ2) is 12.0. The largest absolute Gasteiger partial charge is 0.484 e. The first-order chi connectivity index (χ1) is 14.5. The zero-order valence-corrected chi connectivity index (χ0v) is 18.6. The van der Waals surface area contributed by atoms with Crippen LogP contribution in [0.3, 0.4) is 0 Å². The van der Waals surface area contributed by atoms with Crippen LogP contribution in [0.1, 0.15) is 49.8 Å². The van der Waals surface area contributed by atoms with Crippen molar-refractivity contribution in [3.05, 3.63) is 65.2 Å². The summed E-state index contributed by atoms with van der Waals surface area (Å²) in [6.45, 7) is 8.93. The quantitative estimate of drug-likeness (QED) is 0.559. The number of hydrogen-bond donors (Lipinski definition) is 1. The Bertz CT molecular complexity index is 817. The first-order valence-electron chi connectivity index (χ1n) is 10.8. The summed E-state index contributed by atoms with van der Waals surface area (Å²) in [5.41, 5.74) is 3.25. The van der Waals surface area contributed by atoms with Crippen LogP contribution in [0.25, 0.3) is 0 Å². The standard InChI is InChI=1S/C25H34N2O3/c1-5-7-16-26-25(29)23(6-2)27(17-21-11-9-8-10-20(21)4)24(28)18-30-22-14-12-19(3)13-15-22/h8-15,23H,5-7,16-18H2,1-4H3,(H,26,29). The smallest absolute Gasteiger partial charge is 0.261 e. The highest BCUT2D eigenvalue weighted by Crippen LogP contribution is 2.17. The van der Waals surface area contributed by atoms with Gasteiger partial charge in [0.2, 0.25) is 5.91 Å². The molecule has 30 heavy (non-hydrogen) atoms. The minimum atomic E-state index is -0.532. The first kappa shape index (κ1) is 23.5. The molecule has 2 rings (SSSR count). The summed E-state index contributed by atoms with van der Waals surface area (Å²) in [6, 6.07) is 15.0. The predicted molar refractivity (Wildman–Crippen MR) is 120 cm³/mol. The maximum Gasteiger partial charge on any atom is 0.261 e. The Morgan fingerprint density at radius 2 is 1.73 bits per heavy atom. The fourth-order valence-electron chi connectivity index (χ4n) is 3.26. The predicted octanol–water partition coefficient (Wildman–Crippen LogP) is 4.41. The van der Waals surface area contributed by atoms with Gasteiger partial charge in [0.15, 0.2) is 6.61 Å². The fraction of sp³-hybridized carbons (Fsp3) is 0.440. The molecule has 0 heterocycles. The Morgan fingerprint density at radius 3 is 2.37 bits per heavy atom. The van der Waals surface area contributed by atoms with Crippen molar-refractivity contribution in [2.24, 2.45) is 0 Å². The Kier molecular flexibility index (Phi) is 9.39. The van der Waals surface area contributed by atoms with Crippen molar-refractivity contribution in [1.29, 1.82) is 0 Å². The van der Waals surface area contributed by atoms with Crippen LogP contribution in [-0.4, -0.2) is 35.9 Å². The number of aryl methyl sites for hydroxylation is 2. The monoisotopic (exact) mass is 410 g/mol. The zero-order valence-electron chi connectivity index (χ0n) is 18.6. The summed E-state index contributed by atoms with van der Waals surface area (Å²) in [6.07, 6.45) is 2.47.